The molecule has 0 aromatic carbocycles. The van der Waals surface area contributed by atoms with Crippen molar-refractivity contribution < 1.29 is 4.79 Å². The standard InChI is InChI=1S/C16H27N5O/c1-11-9-14(19(4)18-11)21-8-5-12(15(21)22)20-7-6-13(17)16(2,3)10-20/h9,12-13H,5-8,10,17H2,1-4H3. The molecule has 2 atom stereocenters. The van der Waals surface area contributed by atoms with Crippen LogP contribution in [0.1, 0.15) is 32.4 Å². The minimum atomic E-state index is -0.0121. The predicted octanol–water partition coefficient (Wildman–Crippen LogP) is 0.893. The molecule has 3 heterocycles. The zero-order valence-electron chi connectivity index (χ0n) is 14.0. The molecular formula is C16H27N5O. The fraction of sp³-hybridized carbons (Fsp3) is 0.750. The Kier molecular flexibility index (Phi) is 3.77. The number of rotatable bonds is 2. The number of hydrogen-bond acceptors (Lipinski definition) is 4. The number of amides is 1. The SMILES string of the molecule is Cc1cc(N2CCC(N3CCC(N)C(C)(C)C3)C2=O)n(C)n1. The van der Waals surface area contributed by atoms with Crippen molar-refractivity contribution in [1.29, 1.82) is 0 Å². The van der Waals surface area contributed by atoms with E-state index in [9.17, 15) is 4.79 Å². The molecule has 2 saturated heterocycles. The van der Waals surface area contributed by atoms with Crippen molar-refractivity contribution in [3.63, 3.8) is 0 Å². The van der Waals surface area contributed by atoms with Gasteiger partial charge in [0.05, 0.1) is 11.7 Å². The molecule has 0 spiro atoms. The molecule has 122 valence electrons. The molecule has 1 aromatic heterocycles. The lowest BCUT2D eigenvalue weighted by Crippen LogP contribution is -2.56. The van der Waals surface area contributed by atoms with Gasteiger partial charge in [0.25, 0.3) is 0 Å². The topological polar surface area (TPSA) is 67.4 Å². The lowest BCUT2D eigenvalue weighted by Gasteiger charge is -2.44. The smallest absolute Gasteiger partial charge is 0.245 e. The van der Waals surface area contributed by atoms with E-state index in [2.05, 4.69) is 23.8 Å². The number of aromatic nitrogens is 2. The summed E-state index contributed by atoms with van der Waals surface area (Å²) < 4.78 is 1.80. The molecular weight excluding hydrogens is 278 g/mol. The van der Waals surface area contributed by atoms with Crippen LogP contribution >= 0.6 is 0 Å². The van der Waals surface area contributed by atoms with Gasteiger partial charge in [-0.15, -0.1) is 0 Å². The fourth-order valence-electron chi connectivity index (χ4n) is 3.76. The van der Waals surface area contributed by atoms with E-state index < -0.39 is 0 Å². The van der Waals surface area contributed by atoms with Crippen molar-refractivity contribution in [3.05, 3.63) is 11.8 Å². The van der Waals surface area contributed by atoms with E-state index in [4.69, 9.17) is 5.73 Å². The third-order valence-corrected chi connectivity index (χ3v) is 5.21. The summed E-state index contributed by atoms with van der Waals surface area (Å²) in [5.74, 6) is 1.10. The van der Waals surface area contributed by atoms with Crippen LogP contribution < -0.4 is 10.6 Å². The number of anilines is 1. The molecule has 2 fully saturated rings. The van der Waals surface area contributed by atoms with Crippen LogP contribution in [0.2, 0.25) is 0 Å². The average Bonchev–Trinajstić information content (AvgIpc) is 2.95. The number of carbonyl (C=O) groups is 1. The molecule has 6 nitrogen and oxygen atoms in total. The highest BCUT2D eigenvalue weighted by molar-refractivity contribution is 5.98. The third kappa shape index (κ3) is 2.54. The Morgan fingerprint density at radius 1 is 1.32 bits per heavy atom. The Morgan fingerprint density at radius 2 is 2.05 bits per heavy atom. The fourth-order valence-corrected chi connectivity index (χ4v) is 3.76. The van der Waals surface area contributed by atoms with Gasteiger partial charge in [-0.3, -0.25) is 19.3 Å². The van der Waals surface area contributed by atoms with E-state index in [1.807, 2.05) is 24.9 Å². The molecule has 2 unspecified atom stereocenters. The number of nitrogens with two attached hydrogens (primary N) is 1. The van der Waals surface area contributed by atoms with Gasteiger partial charge in [-0.25, -0.2) is 0 Å². The molecule has 1 aromatic rings. The quantitative estimate of drug-likeness (QED) is 0.881. The predicted molar refractivity (Wildman–Crippen MR) is 86.6 cm³/mol. The van der Waals surface area contributed by atoms with Crippen LogP contribution in [0, 0.1) is 12.3 Å². The summed E-state index contributed by atoms with van der Waals surface area (Å²) in [6.45, 7) is 8.93. The number of hydrogen-bond donors (Lipinski definition) is 1. The zero-order chi connectivity index (χ0) is 16.1. The van der Waals surface area contributed by atoms with Gasteiger partial charge >= 0.3 is 0 Å². The minimum absolute atomic E-state index is 0.0121. The first kappa shape index (κ1) is 15.5. The van der Waals surface area contributed by atoms with Crippen LogP contribution in [0.5, 0.6) is 0 Å². The number of nitrogens with zero attached hydrogens (tertiary/aromatic N) is 4. The monoisotopic (exact) mass is 305 g/mol. The molecule has 0 saturated carbocycles. The summed E-state index contributed by atoms with van der Waals surface area (Å²) in [6, 6.07) is 2.19. The molecule has 0 aliphatic carbocycles. The lowest BCUT2D eigenvalue weighted by molar-refractivity contribution is -0.123. The van der Waals surface area contributed by atoms with Crippen LogP contribution in [-0.4, -0.2) is 52.3 Å². The second-order valence-corrected chi connectivity index (χ2v) is 7.42. The largest absolute Gasteiger partial charge is 0.327 e. The zero-order valence-corrected chi connectivity index (χ0v) is 14.0. The van der Waals surface area contributed by atoms with Crippen molar-refractivity contribution in [2.45, 2.75) is 45.7 Å². The van der Waals surface area contributed by atoms with Crippen LogP contribution in [0.4, 0.5) is 5.82 Å². The van der Waals surface area contributed by atoms with Crippen molar-refractivity contribution in [2.24, 2.45) is 18.2 Å². The molecule has 3 rings (SSSR count). The maximum absolute atomic E-state index is 12.9. The van der Waals surface area contributed by atoms with Crippen LogP contribution in [0.15, 0.2) is 6.07 Å². The van der Waals surface area contributed by atoms with Gasteiger partial charge in [-0.2, -0.15) is 5.10 Å². The van der Waals surface area contributed by atoms with Gasteiger partial charge in [0.1, 0.15) is 5.82 Å². The van der Waals surface area contributed by atoms with Crippen molar-refractivity contribution in [2.75, 3.05) is 24.5 Å². The third-order valence-electron chi connectivity index (χ3n) is 5.21. The Hall–Kier alpha value is -1.40. The Morgan fingerprint density at radius 3 is 2.64 bits per heavy atom. The highest BCUT2D eigenvalue weighted by Gasteiger charge is 2.42. The molecule has 2 N–H and O–H groups in total. The Labute approximate surface area is 132 Å². The summed E-state index contributed by atoms with van der Waals surface area (Å²) in [5, 5.41) is 4.35. The summed E-state index contributed by atoms with van der Waals surface area (Å²) >= 11 is 0. The van der Waals surface area contributed by atoms with E-state index >= 15 is 0 Å². The normalized spacial score (nSPS) is 29.3. The molecule has 6 heteroatoms. The number of piperidine rings is 1. The first-order chi connectivity index (χ1) is 10.3. The highest BCUT2D eigenvalue weighted by atomic mass is 16.2. The second-order valence-electron chi connectivity index (χ2n) is 7.42. The lowest BCUT2D eigenvalue weighted by atomic mass is 9.79. The minimum Gasteiger partial charge on any atom is -0.327 e. The molecule has 0 radical (unpaired) electrons. The van der Waals surface area contributed by atoms with Crippen molar-refractivity contribution in [1.82, 2.24) is 14.7 Å². The van der Waals surface area contributed by atoms with Crippen molar-refractivity contribution >= 4 is 11.7 Å². The van der Waals surface area contributed by atoms with E-state index in [-0.39, 0.29) is 23.4 Å². The van der Waals surface area contributed by atoms with Gasteiger partial charge in [0.2, 0.25) is 5.91 Å². The van der Waals surface area contributed by atoms with Crippen molar-refractivity contribution in [3.8, 4) is 0 Å². The Bertz CT molecular complexity index is 579. The maximum atomic E-state index is 12.9. The van der Waals surface area contributed by atoms with Crippen LogP contribution in [-0.2, 0) is 11.8 Å². The average molecular weight is 305 g/mol. The van der Waals surface area contributed by atoms with Gasteiger partial charge in [0, 0.05) is 38.8 Å². The summed E-state index contributed by atoms with van der Waals surface area (Å²) in [7, 11) is 1.89. The molecule has 0 bridgehead atoms. The van der Waals surface area contributed by atoms with E-state index in [1.165, 1.54) is 0 Å². The maximum Gasteiger partial charge on any atom is 0.245 e. The van der Waals surface area contributed by atoms with E-state index in [0.29, 0.717) is 0 Å². The number of aryl methyl sites for hydroxylation is 2. The summed E-state index contributed by atoms with van der Waals surface area (Å²) in [5.41, 5.74) is 7.22. The van der Waals surface area contributed by atoms with E-state index in [0.717, 1.165) is 44.0 Å². The van der Waals surface area contributed by atoms with Crippen LogP contribution in [0.3, 0.4) is 0 Å². The summed E-state index contributed by atoms with van der Waals surface area (Å²) in [6.07, 6.45) is 1.84. The van der Waals surface area contributed by atoms with Gasteiger partial charge in [0.15, 0.2) is 0 Å². The van der Waals surface area contributed by atoms with Crippen LogP contribution in [0.25, 0.3) is 0 Å². The van der Waals surface area contributed by atoms with Gasteiger partial charge in [-0.05, 0) is 25.2 Å². The molecule has 22 heavy (non-hydrogen) atoms. The van der Waals surface area contributed by atoms with E-state index in [1.54, 1.807) is 4.68 Å². The molecule has 2 aliphatic heterocycles. The number of carbonyl (C=O) groups excluding carboxylic acids is 1. The summed E-state index contributed by atoms with van der Waals surface area (Å²) in [4.78, 5) is 17.1. The highest BCUT2D eigenvalue weighted by Crippen LogP contribution is 2.32. The Balaban J connectivity index is 1.75. The van der Waals surface area contributed by atoms with Gasteiger partial charge < -0.3 is 5.73 Å². The first-order valence-electron chi connectivity index (χ1n) is 8.11. The van der Waals surface area contributed by atoms with Gasteiger partial charge in [-0.1, -0.05) is 13.8 Å². The first-order valence-corrected chi connectivity index (χ1v) is 8.11. The molecule has 2 aliphatic rings. The number of likely N-dealkylation sites (tertiary alicyclic amines) is 1. The molecule has 1 amide bonds. The second kappa shape index (κ2) is 5.35.